The normalized spacial score (nSPS) is 9.69. The van der Waals surface area contributed by atoms with Crippen LogP contribution in [0, 0.1) is 0 Å². The molecule has 0 fully saturated rings. The van der Waals surface area contributed by atoms with E-state index in [0.29, 0.717) is 0 Å². The minimum absolute atomic E-state index is 0.792. The van der Waals surface area contributed by atoms with Crippen LogP contribution in [0.1, 0.15) is 6.92 Å². The number of anilines is 2. The molecule has 0 aliphatic rings. The summed E-state index contributed by atoms with van der Waals surface area (Å²) in [5.41, 5.74) is 0. The summed E-state index contributed by atoms with van der Waals surface area (Å²) in [5.74, 6) is 2.47. The highest BCUT2D eigenvalue weighted by molar-refractivity contribution is 7.80. The van der Waals surface area contributed by atoms with Gasteiger partial charge in [0.2, 0.25) is 0 Å². The fourth-order valence-electron chi connectivity index (χ4n) is 0.916. The van der Waals surface area contributed by atoms with Crippen LogP contribution in [0.15, 0.2) is 12.4 Å². The maximum atomic E-state index is 4.10. The Morgan fingerprint density at radius 2 is 2.00 bits per heavy atom. The van der Waals surface area contributed by atoms with Crippen molar-refractivity contribution >= 4 is 24.3 Å². The molecule has 1 aromatic rings. The average Bonchev–Trinajstić information content (AvgIpc) is 2.16. The number of aromatic nitrogens is 2. The molecule has 0 unspecified atom stereocenters. The first-order valence-corrected chi connectivity index (χ1v) is 4.90. The van der Waals surface area contributed by atoms with Crippen molar-refractivity contribution in [1.29, 1.82) is 0 Å². The summed E-state index contributed by atoms with van der Waals surface area (Å²) in [6.07, 6.45) is 1.54. The molecule has 0 bridgehead atoms. The Morgan fingerprint density at radius 1 is 1.31 bits per heavy atom. The van der Waals surface area contributed by atoms with Gasteiger partial charge in [-0.15, -0.1) is 0 Å². The fraction of sp³-hybridized carbons (Fsp3) is 0.500. The van der Waals surface area contributed by atoms with Crippen LogP contribution >= 0.6 is 12.6 Å². The smallest absolute Gasteiger partial charge is 0.131 e. The molecule has 1 heterocycles. The highest BCUT2D eigenvalue weighted by Crippen LogP contribution is 2.07. The molecule has 13 heavy (non-hydrogen) atoms. The van der Waals surface area contributed by atoms with E-state index < -0.39 is 0 Å². The van der Waals surface area contributed by atoms with Crippen LogP contribution in [-0.4, -0.2) is 28.8 Å². The van der Waals surface area contributed by atoms with E-state index >= 15 is 0 Å². The van der Waals surface area contributed by atoms with E-state index in [1.165, 1.54) is 0 Å². The largest absolute Gasteiger partial charge is 0.370 e. The topological polar surface area (TPSA) is 49.8 Å². The Bertz CT molecular complexity index is 254. The third-order valence-electron chi connectivity index (χ3n) is 1.44. The molecule has 0 aromatic carbocycles. The summed E-state index contributed by atoms with van der Waals surface area (Å²) >= 11 is 4.10. The predicted molar refractivity (Wildman–Crippen MR) is 58.5 cm³/mol. The van der Waals surface area contributed by atoms with Gasteiger partial charge in [0.25, 0.3) is 0 Å². The molecule has 0 aliphatic carbocycles. The second-order valence-electron chi connectivity index (χ2n) is 2.47. The predicted octanol–water partition coefficient (Wildman–Crippen LogP) is 1.25. The average molecular weight is 198 g/mol. The van der Waals surface area contributed by atoms with E-state index in [4.69, 9.17) is 0 Å². The number of hydrogen-bond acceptors (Lipinski definition) is 5. The molecule has 0 saturated carbocycles. The summed E-state index contributed by atoms with van der Waals surface area (Å²) in [6.45, 7) is 3.71. The molecule has 72 valence electrons. The number of nitrogens with zero attached hydrogens (tertiary/aromatic N) is 2. The van der Waals surface area contributed by atoms with E-state index in [0.717, 1.165) is 30.5 Å². The molecule has 1 aromatic heterocycles. The van der Waals surface area contributed by atoms with E-state index in [-0.39, 0.29) is 0 Å². The Labute approximate surface area is 83.6 Å². The number of nitrogens with one attached hydrogen (secondary N) is 2. The molecule has 5 heteroatoms. The summed E-state index contributed by atoms with van der Waals surface area (Å²) in [4.78, 5) is 8.12. The van der Waals surface area contributed by atoms with Gasteiger partial charge in [-0.25, -0.2) is 9.97 Å². The second kappa shape index (κ2) is 5.64. The number of hydrogen-bond donors (Lipinski definition) is 3. The lowest BCUT2D eigenvalue weighted by Gasteiger charge is -2.05. The zero-order valence-electron chi connectivity index (χ0n) is 7.62. The second-order valence-corrected chi connectivity index (χ2v) is 2.92. The maximum Gasteiger partial charge on any atom is 0.131 e. The Morgan fingerprint density at radius 3 is 2.62 bits per heavy atom. The number of rotatable bonds is 5. The van der Waals surface area contributed by atoms with Gasteiger partial charge >= 0.3 is 0 Å². The lowest BCUT2D eigenvalue weighted by molar-refractivity contribution is 1.09. The minimum Gasteiger partial charge on any atom is -0.370 e. The van der Waals surface area contributed by atoms with Crippen LogP contribution in [0.5, 0.6) is 0 Å². The molecule has 0 radical (unpaired) electrons. The molecule has 0 atom stereocenters. The lowest BCUT2D eigenvalue weighted by atomic mass is 10.5. The van der Waals surface area contributed by atoms with Gasteiger partial charge in [0.15, 0.2) is 0 Å². The summed E-state index contributed by atoms with van der Waals surface area (Å²) in [6, 6.07) is 1.88. The molecule has 1 rings (SSSR count). The van der Waals surface area contributed by atoms with Crippen molar-refractivity contribution in [3.63, 3.8) is 0 Å². The number of thiol groups is 1. The first kappa shape index (κ1) is 10.1. The van der Waals surface area contributed by atoms with Gasteiger partial charge in [-0.2, -0.15) is 12.6 Å². The molecule has 0 amide bonds. The SMILES string of the molecule is CCNc1cc(NCCS)ncn1. The maximum absolute atomic E-state index is 4.10. The fourth-order valence-corrected chi connectivity index (χ4v) is 1.03. The van der Waals surface area contributed by atoms with E-state index in [9.17, 15) is 0 Å². The Kier molecular flexibility index (Phi) is 4.39. The summed E-state index contributed by atoms with van der Waals surface area (Å²) in [5, 5.41) is 6.24. The molecule has 0 saturated heterocycles. The van der Waals surface area contributed by atoms with Crippen molar-refractivity contribution in [3.05, 3.63) is 12.4 Å². The van der Waals surface area contributed by atoms with Crippen LogP contribution in [0.4, 0.5) is 11.6 Å². The van der Waals surface area contributed by atoms with E-state index in [2.05, 4.69) is 33.2 Å². The third kappa shape index (κ3) is 3.50. The summed E-state index contributed by atoms with van der Waals surface area (Å²) in [7, 11) is 0. The van der Waals surface area contributed by atoms with E-state index in [1.807, 2.05) is 13.0 Å². The Balaban J connectivity index is 2.56. The van der Waals surface area contributed by atoms with Crippen molar-refractivity contribution < 1.29 is 0 Å². The van der Waals surface area contributed by atoms with E-state index in [1.54, 1.807) is 6.33 Å². The zero-order chi connectivity index (χ0) is 9.52. The third-order valence-corrected chi connectivity index (χ3v) is 1.67. The van der Waals surface area contributed by atoms with Crippen molar-refractivity contribution in [1.82, 2.24) is 9.97 Å². The Hall–Kier alpha value is -0.970. The van der Waals surface area contributed by atoms with Gasteiger partial charge in [0.1, 0.15) is 18.0 Å². The molecule has 4 nitrogen and oxygen atoms in total. The van der Waals surface area contributed by atoms with Crippen LogP contribution in [0.2, 0.25) is 0 Å². The molecular formula is C8H14N4S. The van der Waals surface area contributed by atoms with Crippen LogP contribution in [0.3, 0.4) is 0 Å². The van der Waals surface area contributed by atoms with Gasteiger partial charge in [-0.05, 0) is 6.92 Å². The molecule has 2 N–H and O–H groups in total. The minimum atomic E-state index is 0.792. The van der Waals surface area contributed by atoms with Crippen LogP contribution in [-0.2, 0) is 0 Å². The van der Waals surface area contributed by atoms with Crippen LogP contribution in [0.25, 0.3) is 0 Å². The highest BCUT2D eigenvalue weighted by Gasteiger charge is 1.95. The van der Waals surface area contributed by atoms with Crippen LogP contribution < -0.4 is 10.6 Å². The van der Waals surface area contributed by atoms with Crippen molar-refractivity contribution in [2.45, 2.75) is 6.92 Å². The van der Waals surface area contributed by atoms with Gasteiger partial charge in [-0.1, -0.05) is 0 Å². The van der Waals surface area contributed by atoms with Gasteiger partial charge in [0, 0.05) is 24.9 Å². The monoisotopic (exact) mass is 198 g/mol. The standard InChI is InChI=1S/C8H14N4S/c1-2-9-7-5-8(10-3-4-13)12-6-11-7/h5-6,13H,2-4H2,1H3,(H2,9,10,11,12). The van der Waals surface area contributed by atoms with Crippen molar-refractivity contribution in [3.8, 4) is 0 Å². The summed E-state index contributed by atoms with van der Waals surface area (Å²) < 4.78 is 0. The van der Waals surface area contributed by atoms with Gasteiger partial charge in [-0.3, -0.25) is 0 Å². The first-order chi connectivity index (χ1) is 6.36. The zero-order valence-corrected chi connectivity index (χ0v) is 8.51. The van der Waals surface area contributed by atoms with Crippen molar-refractivity contribution in [2.24, 2.45) is 0 Å². The van der Waals surface area contributed by atoms with Gasteiger partial charge in [0.05, 0.1) is 0 Å². The van der Waals surface area contributed by atoms with Gasteiger partial charge < -0.3 is 10.6 Å². The molecular weight excluding hydrogens is 184 g/mol. The first-order valence-electron chi connectivity index (χ1n) is 4.27. The quantitative estimate of drug-likeness (QED) is 0.623. The molecule has 0 spiro atoms. The van der Waals surface area contributed by atoms with Crippen molar-refractivity contribution in [2.75, 3.05) is 29.5 Å². The molecule has 0 aliphatic heterocycles. The highest BCUT2D eigenvalue weighted by atomic mass is 32.1. The lowest BCUT2D eigenvalue weighted by Crippen LogP contribution is -2.06.